The molecular formula is C16H14N2O4. The molecular weight excluding hydrogens is 284 g/mol. The lowest BCUT2D eigenvalue weighted by molar-refractivity contribution is -0.120. The van der Waals surface area contributed by atoms with Crippen molar-refractivity contribution in [1.82, 2.24) is 5.32 Å². The van der Waals surface area contributed by atoms with Crippen molar-refractivity contribution in [2.45, 2.75) is 13.5 Å². The van der Waals surface area contributed by atoms with Crippen molar-refractivity contribution in [3.63, 3.8) is 0 Å². The first-order chi connectivity index (χ1) is 10.5. The third kappa shape index (κ3) is 2.14. The number of aryl methyl sites for hydroxylation is 1. The van der Waals surface area contributed by atoms with Gasteiger partial charge in [0.05, 0.1) is 0 Å². The van der Waals surface area contributed by atoms with Crippen LogP contribution in [0.1, 0.15) is 11.1 Å². The SMILES string of the molecule is CNCc1ccc2c(C)c(N3C(=O)C=CC3=O)c(=O)oc2c1. The molecule has 0 saturated heterocycles. The summed E-state index contributed by atoms with van der Waals surface area (Å²) in [5.41, 5.74) is 1.24. The molecule has 2 aromatic rings. The van der Waals surface area contributed by atoms with Crippen LogP contribution in [0.4, 0.5) is 5.69 Å². The largest absolute Gasteiger partial charge is 0.421 e. The minimum absolute atomic E-state index is 0.0196. The lowest BCUT2D eigenvalue weighted by Gasteiger charge is -2.16. The minimum atomic E-state index is -0.697. The topological polar surface area (TPSA) is 79.6 Å². The van der Waals surface area contributed by atoms with Crippen LogP contribution in [-0.2, 0) is 16.1 Å². The van der Waals surface area contributed by atoms with Crippen LogP contribution >= 0.6 is 0 Å². The fourth-order valence-electron chi connectivity index (χ4n) is 2.58. The number of nitrogens with zero attached hydrogens (tertiary/aromatic N) is 1. The predicted molar refractivity (Wildman–Crippen MR) is 81.6 cm³/mol. The molecule has 1 N–H and O–H groups in total. The molecule has 112 valence electrons. The zero-order chi connectivity index (χ0) is 15.9. The fourth-order valence-corrected chi connectivity index (χ4v) is 2.58. The van der Waals surface area contributed by atoms with E-state index in [1.807, 2.05) is 19.2 Å². The Bertz CT molecular complexity index is 862. The zero-order valence-corrected chi connectivity index (χ0v) is 12.2. The smallest absolute Gasteiger partial charge is 0.361 e. The van der Waals surface area contributed by atoms with Crippen molar-refractivity contribution in [2.75, 3.05) is 11.9 Å². The summed E-state index contributed by atoms with van der Waals surface area (Å²) in [6.07, 6.45) is 2.28. The van der Waals surface area contributed by atoms with Crippen LogP contribution in [-0.4, -0.2) is 18.9 Å². The van der Waals surface area contributed by atoms with E-state index in [0.29, 0.717) is 23.1 Å². The Balaban J connectivity index is 2.21. The second-order valence-electron chi connectivity index (χ2n) is 5.07. The molecule has 3 rings (SSSR count). The molecule has 0 unspecified atom stereocenters. The van der Waals surface area contributed by atoms with Crippen LogP contribution in [0.3, 0.4) is 0 Å². The monoisotopic (exact) mass is 298 g/mol. The van der Waals surface area contributed by atoms with Crippen LogP contribution < -0.4 is 15.8 Å². The molecule has 0 radical (unpaired) electrons. The number of hydrogen-bond acceptors (Lipinski definition) is 5. The van der Waals surface area contributed by atoms with E-state index in [-0.39, 0.29) is 5.69 Å². The highest BCUT2D eigenvalue weighted by Crippen LogP contribution is 2.27. The van der Waals surface area contributed by atoms with E-state index in [1.54, 1.807) is 13.0 Å². The molecule has 1 aromatic carbocycles. The standard InChI is InChI=1S/C16H14N2O4/c1-9-11-4-3-10(8-17-2)7-12(11)22-16(21)15(9)18-13(19)5-6-14(18)20/h3-7,17H,8H2,1-2H3. The molecule has 0 saturated carbocycles. The van der Waals surface area contributed by atoms with E-state index in [0.717, 1.165) is 22.6 Å². The fraction of sp³-hybridized carbons (Fsp3) is 0.188. The Morgan fingerprint density at radius 2 is 1.82 bits per heavy atom. The molecule has 1 aliphatic rings. The van der Waals surface area contributed by atoms with Gasteiger partial charge >= 0.3 is 5.63 Å². The summed E-state index contributed by atoms with van der Waals surface area (Å²) in [5, 5.41) is 3.72. The molecule has 0 bridgehead atoms. The molecule has 0 atom stereocenters. The number of anilines is 1. The van der Waals surface area contributed by atoms with E-state index >= 15 is 0 Å². The van der Waals surface area contributed by atoms with Crippen LogP contribution in [0.5, 0.6) is 0 Å². The van der Waals surface area contributed by atoms with Gasteiger partial charge in [-0.25, -0.2) is 9.69 Å². The first-order valence-electron chi connectivity index (χ1n) is 6.80. The number of amides is 2. The Labute approximate surface area is 126 Å². The molecule has 2 amide bonds. The predicted octanol–water partition coefficient (Wildman–Crippen LogP) is 1.25. The van der Waals surface area contributed by atoms with E-state index < -0.39 is 17.4 Å². The van der Waals surface area contributed by atoms with E-state index in [4.69, 9.17) is 4.42 Å². The molecule has 0 spiro atoms. The molecule has 0 aliphatic carbocycles. The number of fused-ring (bicyclic) bond motifs is 1. The van der Waals surface area contributed by atoms with Gasteiger partial charge < -0.3 is 9.73 Å². The maximum atomic E-state index is 12.2. The van der Waals surface area contributed by atoms with Gasteiger partial charge in [0, 0.05) is 24.1 Å². The number of benzene rings is 1. The van der Waals surface area contributed by atoms with E-state index in [9.17, 15) is 14.4 Å². The summed E-state index contributed by atoms with van der Waals surface area (Å²) in [6, 6.07) is 5.50. The van der Waals surface area contributed by atoms with Crippen LogP contribution in [0, 0.1) is 6.92 Å². The number of rotatable bonds is 3. The molecule has 22 heavy (non-hydrogen) atoms. The maximum absolute atomic E-state index is 12.2. The molecule has 6 nitrogen and oxygen atoms in total. The second-order valence-corrected chi connectivity index (χ2v) is 5.07. The number of imide groups is 1. The van der Waals surface area contributed by atoms with Crippen molar-refractivity contribution in [2.24, 2.45) is 0 Å². The molecule has 2 heterocycles. The number of carbonyl (C=O) groups excluding carboxylic acids is 2. The van der Waals surface area contributed by atoms with Crippen molar-refractivity contribution in [3.8, 4) is 0 Å². The maximum Gasteiger partial charge on any atom is 0.361 e. The van der Waals surface area contributed by atoms with Crippen LogP contribution in [0.2, 0.25) is 0 Å². The lowest BCUT2D eigenvalue weighted by atomic mass is 10.1. The van der Waals surface area contributed by atoms with Crippen molar-refractivity contribution in [1.29, 1.82) is 0 Å². The summed E-state index contributed by atoms with van der Waals surface area (Å²) in [4.78, 5) is 36.7. The number of nitrogens with one attached hydrogen (secondary N) is 1. The number of carbonyl (C=O) groups is 2. The second kappa shape index (κ2) is 5.23. The third-order valence-corrected chi connectivity index (χ3v) is 3.62. The number of hydrogen-bond donors (Lipinski definition) is 1. The summed E-state index contributed by atoms with van der Waals surface area (Å²) in [5.74, 6) is -1.07. The zero-order valence-electron chi connectivity index (χ0n) is 12.2. The van der Waals surface area contributed by atoms with Gasteiger partial charge in [0.15, 0.2) is 0 Å². The van der Waals surface area contributed by atoms with Gasteiger partial charge in [0.2, 0.25) is 0 Å². The van der Waals surface area contributed by atoms with Gasteiger partial charge in [-0.05, 0) is 31.2 Å². The average molecular weight is 298 g/mol. The highest BCUT2D eigenvalue weighted by atomic mass is 16.4. The third-order valence-electron chi connectivity index (χ3n) is 3.62. The highest BCUT2D eigenvalue weighted by molar-refractivity contribution is 6.28. The Morgan fingerprint density at radius 3 is 2.45 bits per heavy atom. The van der Waals surface area contributed by atoms with Gasteiger partial charge in [0.1, 0.15) is 11.3 Å². The van der Waals surface area contributed by atoms with Gasteiger partial charge in [-0.1, -0.05) is 12.1 Å². The van der Waals surface area contributed by atoms with Gasteiger partial charge in [-0.15, -0.1) is 0 Å². The lowest BCUT2D eigenvalue weighted by Crippen LogP contribution is -2.34. The van der Waals surface area contributed by atoms with Crippen LogP contribution in [0.15, 0.2) is 39.6 Å². The van der Waals surface area contributed by atoms with Crippen LogP contribution in [0.25, 0.3) is 11.0 Å². The molecule has 1 aromatic heterocycles. The quantitative estimate of drug-likeness (QED) is 0.681. The minimum Gasteiger partial charge on any atom is -0.421 e. The molecule has 0 fully saturated rings. The van der Waals surface area contributed by atoms with Crippen molar-refractivity contribution < 1.29 is 14.0 Å². The normalized spacial score (nSPS) is 14.4. The Morgan fingerprint density at radius 1 is 1.14 bits per heavy atom. The molecule has 1 aliphatic heterocycles. The summed E-state index contributed by atoms with van der Waals surface area (Å²) < 4.78 is 5.31. The van der Waals surface area contributed by atoms with E-state index in [1.165, 1.54) is 0 Å². The Hall–Kier alpha value is -2.73. The Kier molecular flexibility index (Phi) is 3.38. The first-order valence-corrected chi connectivity index (χ1v) is 6.80. The molecule has 6 heteroatoms. The first kappa shape index (κ1) is 14.2. The van der Waals surface area contributed by atoms with E-state index in [2.05, 4.69) is 5.32 Å². The highest BCUT2D eigenvalue weighted by Gasteiger charge is 2.30. The summed E-state index contributed by atoms with van der Waals surface area (Å²) in [7, 11) is 1.83. The van der Waals surface area contributed by atoms with Crippen molar-refractivity contribution >= 4 is 28.5 Å². The van der Waals surface area contributed by atoms with Gasteiger partial charge in [-0.2, -0.15) is 0 Å². The average Bonchev–Trinajstić information content (AvgIpc) is 2.79. The summed E-state index contributed by atoms with van der Waals surface area (Å²) in [6.45, 7) is 2.35. The summed E-state index contributed by atoms with van der Waals surface area (Å²) >= 11 is 0. The van der Waals surface area contributed by atoms with Gasteiger partial charge in [0.25, 0.3) is 11.8 Å². The van der Waals surface area contributed by atoms with Crippen molar-refractivity contribution in [3.05, 3.63) is 51.9 Å². The van der Waals surface area contributed by atoms with Gasteiger partial charge in [-0.3, -0.25) is 9.59 Å².